The average Bonchev–Trinajstić information content (AvgIpc) is 2.43. The summed E-state index contributed by atoms with van der Waals surface area (Å²) in [5.74, 6) is -0.183. The Balaban J connectivity index is 2.04. The van der Waals surface area contributed by atoms with Crippen LogP contribution in [0.5, 0.6) is 0 Å². The number of nitrogens with one attached hydrogen (secondary N) is 1. The minimum absolute atomic E-state index is 0.0713. The minimum Gasteiger partial charge on any atom is -0.384 e. The lowest BCUT2D eigenvalue weighted by Crippen LogP contribution is -2.18. The molecule has 3 nitrogen and oxygen atoms in total. The van der Waals surface area contributed by atoms with Crippen molar-refractivity contribution in [2.45, 2.75) is 13.1 Å². The van der Waals surface area contributed by atoms with Crippen molar-refractivity contribution in [1.29, 1.82) is 5.41 Å². The van der Waals surface area contributed by atoms with E-state index in [1.807, 2.05) is 31.3 Å². The Morgan fingerprint density at radius 1 is 1.19 bits per heavy atom. The van der Waals surface area contributed by atoms with Crippen LogP contribution in [-0.4, -0.2) is 17.8 Å². The minimum atomic E-state index is -0.254. The van der Waals surface area contributed by atoms with E-state index in [1.165, 1.54) is 6.07 Å². The van der Waals surface area contributed by atoms with Gasteiger partial charge >= 0.3 is 0 Å². The van der Waals surface area contributed by atoms with Gasteiger partial charge in [0.15, 0.2) is 0 Å². The molecule has 0 radical (unpaired) electrons. The largest absolute Gasteiger partial charge is 0.384 e. The lowest BCUT2D eigenvalue weighted by atomic mass is 10.1. The second kappa shape index (κ2) is 6.83. The third-order valence-corrected chi connectivity index (χ3v) is 3.73. The topological polar surface area (TPSA) is 53.1 Å². The summed E-state index contributed by atoms with van der Waals surface area (Å²) in [7, 11) is 2.00. The van der Waals surface area contributed by atoms with Gasteiger partial charge in [0.25, 0.3) is 0 Å². The van der Waals surface area contributed by atoms with Crippen LogP contribution < -0.4 is 5.73 Å². The summed E-state index contributed by atoms with van der Waals surface area (Å²) in [6.07, 6.45) is 0. The molecule has 0 aliphatic carbocycles. The second-order valence-electron chi connectivity index (χ2n) is 5.03. The van der Waals surface area contributed by atoms with E-state index in [-0.39, 0.29) is 11.7 Å². The van der Waals surface area contributed by atoms with Crippen molar-refractivity contribution in [2.24, 2.45) is 5.73 Å². The molecule has 0 atom stereocenters. The summed E-state index contributed by atoms with van der Waals surface area (Å²) in [4.78, 5) is 2.12. The maximum atomic E-state index is 13.2. The van der Waals surface area contributed by atoms with Crippen molar-refractivity contribution in [1.82, 2.24) is 4.90 Å². The highest BCUT2D eigenvalue weighted by molar-refractivity contribution is 9.10. The number of hydrogen-bond acceptors (Lipinski definition) is 2. The first kappa shape index (κ1) is 15.7. The monoisotopic (exact) mass is 349 g/mol. The van der Waals surface area contributed by atoms with E-state index < -0.39 is 0 Å². The van der Waals surface area contributed by atoms with E-state index in [0.29, 0.717) is 11.0 Å². The lowest BCUT2D eigenvalue weighted by molar-refractivity contribution is 0.319. The molecule has 0 aromatic heterocycles. The maximum absolute atomic E-state index is 13.2. The zero-order valence-electron chi connectivity index (χ0n) is 11.7. The molecule has 110 valence electrons. The van der Waals surface area contributed by atoms with Crippen molar-refractivity contribution in [2.75, 3.05) is 7.05 Å². The van der Waals surface area contributed by atoms with Gasteiger partial charge in [-0.15, -0.1) is 0 Å². The van der Waals surface area contributed by atoms with Gasteiger partial charge in [-0.1, -0.05) is 24.3 Å². The zero-order chi connectivity index (χ0) is 15.4. The van der Waals surface area contributed by atoms with Crippen LogP contribution in [0.3, 0.4) is 0 Å². The molecule has 2 aromatic carbocycles. The van der Waals surface area contributed by atoms with Crippen LogP contribution in [0.1, 0.15) is 16.7 Å². The van der Waals surface area contributed by atoms with E-state index in [4.69, 9.17) is 11.1 Å². The molecule has 0 spiro atoms. The van der Waals surface area contributed by atoms with Gasteiger partial charge in [-0.2, -0.15) is 0 Å². The molecule has 0 saturated heterocycles. The molecule has 0 aliphatic rings. The molecule has 2 rings (SSSR count). The number of nitrogen functional groups attached to an aromatic ring is 1. The van der Waals surface area contributed by atoms with Gasteiger partial charge in [0.05, 0.1) is 4.47 Å². The predicted molar refractivity (Wildman–Crippen MR) is 86.7 cm³/mol. The number of amidine groups is 1. The van der Waals surface area contributed by atoms with E-state index >= 15 is 0 Å². The van der Waals surface area contributed by atoms with Gasteiger partial charge < -0.3 is 5.73 Å². The van der Waals surface area contributed by atoms with Crippen LogP contribution in [0.4, 0.5) is 4.39 Å². The van der Waals surface area contributed by atoms with E-state index in [1.54, 1.807) is 12.1 Å². The van der Waals surface area contributed by atoms with Crippen molar-refractivity contribution < 1.29 is 4.39 Å². The number of nitrogens with two attached hydrogens (primary N) is 1. The normalized spacial score (nSPS) is 10.9. The Labute approximate surface area is 132 Å². The summed E-state index contributed by atoms with van der Waals surface area (Å²) in [6.45, 7) is 1.44. The van der Waals surface area contributed by atoms with E-state index in [0.717, 1.165) is 23.2 Å². The molecule has 0 unspecified atom stereocenters. The molecule has 0 saturated carbocycles. The zero-order valence-corrected chi connectivity index (χ0v) is 13.3. The standard InChI is InChI=1S/C16H17BrFN3/c1-21(10-12-5-6-15(18)14(17)8-12)9-11-3-2-4-13(7-11)16(19)20/h2-8H,9-10H2,1H3,(H3,19,20). The van der Waals surface area contributed by atoms with Gasteiger partial charge in [0.1, 0.15) is 11.7 Å². The summed E-state index contributed by atoms with van der Waals surface area (Å²) in [6, 6.07) is 12.7. The number of hydrogen-bond donors (Lipinski definition) is 2. The molecule has 0 aliphatic heterocycles. The summed E-state index contributed by atoms with van der Waals surface area (Å²) < 4.78 is 13.7. The Hall–Kier alpha value is -1.72. The summed E-state index contributed by atoms with van der Waals surface area (Å²) >= 11 is 3.20. The van der Waals surface area contributed by atoms with Crippen molar-refractivity contribution >= 4 is 21.8 Å². The first-order valence-corrected chi connectivity index (χ1v) is 7.31. The lowest BCUT2D eigenvalue weighted by Gasteiger charge is -2.17. The van der Waals surface area contributed by atoms with E-state index in [2.05, 4.69) is 20.8 Å². The summed E-state index contributed by atoms with van der Waals surface area (Å²) in [5.41, 5.74) is 8.35. The number of benzene rings is 2. The summed E-state index contributed by atoms with van der Waals surface area (Å²) in [5, 5.41) is 7.46. The number of halogens is 2. The molecular weight excluding hydrogens is 333 g/mol. The first-order chi connectivity index (χ1) is 9.95. The Morgan fingerprint density at radius 2 is 1.86 bits per heavy atom. The van der Waals surface area contributed by atoms with Gasteiger partial charge in [-0.25, -0.2) is 4.39 Å². The molecule has 3 N–H and O–H groups in total. The highest BCUT2D eigenvalue weighted by Crippen LogP contribution is 2.18. The van der Waals surface area contributed by atoms with Crippen LogP contribution >= 0.6 is 15.9 Å². The molecular formula is C16H17BrFN3. The van der Waals surface area contributed by atoms with Gasteiger partial charge in [0.2, 0.25) is 0 Å². The molecule has 21 heavy (non-hydrogen) atoms. The number of rotatable bonds is 5. The average molecular weight is 350 g/mol. The van der Waals surface area contributed by atoms with Gasteiger partial charge in [-0.05, 0) is 52.3 Å². The quantitative estimate of drug-likeness (QED) is 0.641. The van der Waals surface area contributed by atoms with Crippen LogP contribution in [0.15, 0.2) is 46.9 Å². The van der Waals surface area contributed by atoms with Crippen LogP contribution in [0, 0.1) is 11.2 Å². The molecule has 0 amide bonds. The van der Waals surface area contributed by atoms with E-state index in [9.17, 15) is 4.39 Å². The Kier molecular flexibility index (Phi) is 5.09. The Morgan fingerprint density at radius 3 is 2.48 bits per heavy atom. The highest BCUT2D eigenvalue weighted by atomic mass is 79.9. The van der Waals surface area contributed by atoms with Crippen LogP contribution in [0.2, 0.25) is 0 Å². The molecule has 0 heterocycles. The van der Waals surface area contributed by atoms with Crippen molar-refractivity contribution in [3.8, 4) is 0 Å². The fourth-order valence-electron chi connectivity index (χ4n) is 2.15. The van der Waals surface area contributed by atoms with Gasteiger partial charge in [0, 0.05) is 18.7 Å². The second-order valence-corrected chi connectivity index (χ2v) is 5.89. The first-order valence-electron chi connectivity index (χ1n) is 6.51. The SMILES string of the molecule is CN(Cc1cccc(C(=N)N)c1)Cc1ccc(F)c(Br)c1. The van der Waals surface area contributed by atoms with Gasteiger partial charge in [-0.3, -0.25) is 10.3 Å². The molecule has 2 aromatic rings. The van der Waals surface area contributed by atoms with Crippen molar-refractivity contribution in [3.63, 3.8) is 0 Å². The molecule has 5 heteroatoms. The Bertz CT molecular complexity index is 658. The van der Waals surface area contributed by atoms with Crippen LogP contribution in [-0.2, 0) is 13.1 Å². The molecule has 0 bridgehead atoms. The fourth-order valence-corrected chi connectivity index (χ4v) is 2.58. The molecule has 0 fully saturated rings. The highest BCUT2D eigenvalue weighted by Gasteiger charge is 2.06. The predicted octanol–water partition coefficient (Wildman–Crippen LogP) is 3.50. The third kappa shape index (κ3) is 4.37. The smallest absolute Gasteiger partial charge is 0.137 e. The van der Waals surface area contributed by atoms with Crippen molar-refractivity contribution in [3.05, 3.63) is 69.4 Å². The third-order valence-electron chi connectivity index (χ3n) is 3.13. The maximum Gasteiger partial charge on any atom is 0.137 e. The van der Waals surface area contributed by atoms with Crippen LogP contribution in [0.25, 0.3) is 0 Å². The number of nitrogens with zero attached hydrogens (tertiary/aromatic N) is 1. The fraction of sp³-hybridized carbons (Fsp3) is 0.188.